The number of nitrogens with one attached hydrogen (secondary N) is 3. The summed E-state index contributed by atoms with van der Waals surface area (Å²) in [7, 11) is 0. The highest BCUT2D eigenvalue weighted by Gasteiger charge is 2.59. The first kappa shape index (κ1) is 28.9. The number of hydrogen-bond acceptors (Lipinski definition) is 5. The van der Waals surface area contributed by atoms with Crippen LogP contribution in [0.2, 0.25) is 15.1 Å². The number of hydroxylamine groups is 2. The minimum absolute atomic E-state index is 0.000221. The highest BCUT2D eigenvalue weighted by molar-refractivity contribution is 6.35. The molecule has 2 aromatic rings. The van der Waals surface area contributed by atoms with Gasteiger partial charge in [0, 0.05) is 26.7 Å². The van der Waals surface area contributed by atoms with Crippen molar-refractivity contribution in [2.45, 2.75) is 18.0 Å². The van der Waals surface area contributed by atoms with Crippen LogP contribution in [0, 0.1) is 0 Å². The third-order valence-electron chi connectivity index (χ3n) is 4.89. The summed E-state index contributed by atoms with van der Waals surface area (Å²) in [6.45, 7) is -2.35. The lowest BCUT2D eigenvalue weighted by Gasteiger charge is -2.28. The van der Waals surface area contributed by atoms with E-state index in [9.17, 15) is 36.3 Å². The Bertz CT molecular complexity index is 1230. The smallest absolute Gasteiger partial charge is 0.345 e. The summed E-state index contributed by atoms with van der Waals surface area (Å²) >= 11 is 18.0. The molecule has 0 aromatic heterocycles. The lowest BCUT2D eigenvalue weighted by molar-refractivity contribution is -0.269. The monoisotopic (exact) mass is 590 g/mol. The van der Waals surface area contributed by atoms with Crippen LogP contribution in [-0.4, -0.2) is 42.4 Å². The normalized spacial score (nSPS) is 18.3. The standard InChI is InChI=1S/C21H15Cl3F6N4O3/c22-12-4-11(5-13(23)6-12)19(21(28,29)30)7-16(34-37-19)10-1-2-14(15(24)3-10)18(33-36)31-8-17(35)32-9-20(25,26)27/h1-7,34,36H,8-9H2,(H,31,33)(H,32,35). The Morgan fingerprint density at radius 3 is 2.24 bits per heavy atom. The molecule has 37 heavy (non-hydrogen) atoms. The summed E-state index contributed by atoms with van der Waals surface area (Å²) in [6, 6.07) is 7.14. The van der Waals surface area contributed by atoms with Crippen LogP contribution in [0.1, 0.15) is 16.7 Å². The SMILES string of the molecule is O=C(CN=C(NO)c1ccc(C2=CC(c3cc(Cl)cc(Cl)c3)(C(F)(F)F)ON2)cc1Cl)NCC(F)(F)F. The van der Waals surface area contributed by atoms with Crippen molar-refractivity contribution in [1.82, 2.24) is 16.3 Å². The molecule has 1 aliphatic rings. The Morgan fingerprint density at radius 1 is 1.05 bits per heavy atom. The van der Waals surface area contributed by atoms with Crippen LogP contribution in [0.3, 0.4) is 0 Å². The highest BCUT2D eigenvalue weighted by atomic mass is 35.5. The van der Waals surface area contributed by atoms with E-state index < -0.39 is 37.0 Å². The van der Waals surface area contributed by atoms with Gasteiger partial charge in [0.05, 0.1) is 10.7 Å². The van der Waals surface area contributed by atoms with E-state index in [0.717, 1.165) is 18.2 Å². The van der Waals surface area contributed by atoms with Gasteiger partial charge in [0.25, 0.3) is 0 Å². The Balaban J connectivity index is 1.90. The molecule has 0 saturated carbocycles. The highest BCUT2D eigenvalue weighted by Crippen LogP contribution is 2.48. The van der Waals surface area contributed by atoms with Crippen LogP contribution in [-0.2, 0) is 15.2 Å². The number of hydrogen-bond donors (Lipinski definition) is 4. The molecule has 1 aliphatic heterocycles. The molecule has 200 valence electrons. The Labute approximate surface area is 220 Å². The number of amidine groups is 1. The number of rotatable bonds is 6. The quantitative estimate of drug-likeness (QED) is 0.157. The zero-order valence-electron chi connectivity index (χ0n) is 18.1. The Kier molecular flexibility index (Phi) is 8.54. The fourth-order valence-electron chi connectivity index (χ4n) is 3.21. The first-order chi connectivity index (χ1) is 17.1. The fraction of sp³-hybridized carbons (Fsp3) is 0.238. The zero-order valence-corrected chi connectivity index (χ0v) is 20.3. The largest absolute Gasteiger partial charge is 0.428 e. The number of amides is 1. The van der Waals surface area contributed by atoms with Crippen LogP contribution in [0.15, 0.2) is 47.5 Å². The van der Waals surface area contributed by atoms with Gasteiger partial charge < -0.3 is 5.32 Å². The minimum Gasteiger partial charge on any atom is -0.345 e. The number of halogens is 9. The number of carbonyl (C=O) groups is 1. The van der Waals surface area contributed by atoms with Crippen molar-refractivity contribution in [1.29, 1.82) is 0 Å². The molecule has 0 aliphatic carbocycles. The number of alkyl halides is 6. The van der Waals surface area contributed by atoms with E-state index in [1.807, 2.05) is 0 Å². The molecular formula is C21H15Cl3F6N4O3. The van der Waals surface area contributed by atoms with Gasteiger partial charge in [-0.2, -0.15) is 26.3 Å². The van der Waals surface area contributed by atoms with Crippen molar-refractivity contribution in [2.75, 3.05) is 13.1 Å². The molecule has 1 amide bonds. The van der Waals surface area contributed by atoms with Crippen LogP contribution in [0.5, 0.6) is 0 Å². The summed E-state index contributed by atoms with van der Waals surface area (Å²) in [5, 5.41) is 10.7. The van der Waals surface area contributed by atoms with Gasteiger partial charge in [-0.05, 0) is 36.4 Å². The van der Waals surface area contributed by atoms with Crippen molar-refractivity contribution in [3.63, 3.8) is 0 Å². The molecule has 0 fully saturated rings. The van der Waals surface area contributed by atoms with Crippen molar-refractivity contribution in [3.8, 4) is 0 Å². The molecule has 0 radical (unpaired) electrons. The molecule has 0 spiro atoms. The summed E-state index contributed by atoms with van der Waals surface area (Å²) in [4.78, 5) is 20.2. The lowest BCUT2D eigenvalue weighted by atomic mass is 9.91. The summed E-state index contributed by atoms with van der Waals surface area (Å²) in [5.41, 5.74) is 0.583. The molecule has 16 heteroatoms. The van der Waals surface area contributed by atoms with Crippen molar-refractivity contribution in [2.24, 2.45) is 4.99 Å². The lowest BCUT2D eigenvalue weighted by Crippen LogP contribution is -2.42. The van der Waals surface area contributed by atoms with Gasteiger partial charge in [-0.1, -0.05) is 40.9 Å². The Morgan fingerprint density at radius 2 is 1.70 bits per heavy atom. The van der Waals surface area contributed by atoms with E-state index in [4.69, 9.17) is 39.6 Å². The number of benzene rings is 2. The third-order valence-corrected chi connectivity index (χ3v) is 5.64. The van der Waals surface area contributed by atoms with E-state index in [-0.39, 0.29) is 43.3 Å². The maximum atomic E-state index is 14.2. The molecule has 4 N–H and O–H groups in total. The van der Waals surface area contributed by atoms with E-state index in [0.29, 0.717) is 0 Å². The number of carbonyl (C=O) groups excluding carboxylic acids is 1. The van der Waals surface area contributed by atoms with Crippen LogP contribution in [0.25, 0.3) is 5.70 Å². The van der Waals surface area contributed by atoms with Crippen molar-refractivity contribution < 1.29 is 41.2 Å². The molecule has 1 unspecified atom stereocenters. The first-order valence-corrected chi connectivity index (χ1v) is 11.1. The van der Waals surface area contributed by atoms with Gasteiger partial charge in [0.2, 0.25) is 11.5 Å². The van der Waals surface area contributed by atoms with Crippen molar-refractivity contribution in [3.05, 3.63) is 74.2 Å². The van der Waals surface area contributed by atoms with E-state index in [2.05, 4.69) is 10.5 Å². The van der Waals surface area contributed by atoms with Gasteiger partial charge in [-0.3, -0.25) is 30.8 Å². The van der Waals surface area contributed by atoms with Crippen molar-refractivity contribution >= 4 is 52.2 Å². The summed E-state index contributed by atoms with van der Waals surface area (Å²) < 4.78 is 79.0. The van der Waals surface area contributed by atoms with Crippen LogP contribution >= 0.6 is 34.8 Å². The number of aliphatic imine (C=N–C) groups is 1. The van der Waals surface area contributed by atoms with Gasteiger partial charge in [-0.15, -0.1) is 0 Å². The number of nitrogens with zero attached hydrogens (tertiary/aromatic N) is 1. The van der Waals surface area contributed by atoms with Gasteiger partial charge >= 0.3 is 12.4 Å². The zero-order chi connectivity index (χ0) is 27.6. The van der Waals surface area contributed by atoms with Crippen LogP contribution in [0.4, 0.5) is 26.3 Å². The molecule has 1 atom stereocenters. The minimum atomic E-state index is -4.94. The second kappa shape index (κ2) is 11.0. The Hall–Kier alpha value is -2.71. The average molecular weight is 592 g/mol. The second-order valence-corrected chi connectivity index (χ2v) is 8.80. The molecule has 2 aromatic carbocycles. The maximum Gasteiger partial charge on any atom is 0.428 e. The van der Waals surface area contributed by atoms with E-state index in [1.165, 1.54) is 24.3 Å². The predicted octanol–water partition coefficient (Wildman–Crippen LogP) is 5.38. The van der Waals surface area contributed by atoms with Crippen LogP contribution < -0.4 is 16.3 Å². The fourth-order valence-corrected chi connectivity index (χ4v) is 4.01. The molecule has 0 saturated heterocycles. The average Bonchev–Trinajstić information content (AvgIpc) is 3.25. The van der Waals surface area contributed by atoms with Gasteiger partial charge in [0.1, 0.15) is 13.1 Å². The molecule has 7 nitrogen and oxygen atoms in total. The molecule has 3 rings (SSSR count). The van der Waals surface area contributed by atoms with Gasteiger partial charge in [0.15, 0.2) is 5.84 Å². The summed E-state index contributed by atoms with van der Waals surface area (Å²) in [6.07, 6.45) is -8.79. The van der Waals surface area contributed by atoms with E-state index in [1.54, 1.807) is 10.8 Å². The topological polar surface area (TPSA) is 95.0 Å². The van der Waals surface area contributed by atoms with Gasteiger partial charge in [-0.25, -0.2) is 0 Å². The molecule has 0 bridgehead atoms. The third kappa shape index (κ3) is 6.79. The first-order valence-electron chi connectivity index (χ1n) is 9.93. The second-order valence-electron chi connectivity index (χ2n) is 7.52. The summed E-state index contributed by atoms with van der Waals surface area (Å²) in [5.74, 6) is -1.46. The maximum absolute atomic E-state index is 14.2. The molecular weight excluding hydrogens is 577 g/mol. The van der Waals surface area contributed by atoms with E-state index >= 15 is 0 Å². The molecule has 1 heterocycles. The predicted molar refractivity (Wildman–Crippen MR) is 123 cm³/mol.